The van der Waals surface area contributed by atoms with Gasteiger partial charge < -0.3 is 5.32 Å². The quantitative estimate of drug-likeness (QED) is 0.594. The summed E-state index contributed by atoms with van der Waals surface area (Å²) in [6.07, 6.45) is 0. The summed E-state index contributed by atoms with van der Waals surface area (Å²) in [7, 11) is 0. The van der Waals surface area contributed by atoms with Gasteiger partial charge in [0, 0.05) is 23.9 Å². The Labute approximate surface area is 83.1 Å². The predicted octanol–water partition coefficient (Wildman–Crippen LogP) is 2.72. The third-order valence-electron chi connectivity index (χ3n) is 1.88. The third-order valence-corrected chi connectivity index (χ3v) is 1.88. The molecule has 1 rings (SSSR count). The Kier molecular flexibility index (Phi) is 3.06. The summed E-state index contributed by atoms with van der Waals surface area (Å²) in [6, 6.07) is 5.11. The van der Waals surface area contributed by atoms with Crippen molar-refractivity contribution in [2.75, 3.05) is 5.32 Å². The number of anilines is 1. The molecule has 0 amide bonds. The summed E-state index contributed by atoms with van der Waals surface area (Å²) in [5.74, 6) is 0. The summed E-state index contributed by atoms with van der Waals surface area (Å²) in [5.41, 5.74) is 1.97. The average molecular weight is 194 g/mol. The second kappa shape index (κ2) is 4.09. The van der Waals surface area contributed by atoms with Crippen LogP contribution in [-0.4, -0.2) is 11.0 Å². The number of hydrogen-bond donors (Lipinski definition) is 1. The van der Waals surface area contributed by atoms with Gasteiger partial charge >= 0.3 is 0 Å². The van der Waals surface area contributed by atoms with E-state index in [1.165, 1.54) is 6.07 Å². The predicted molar refractivity (Wildman–Crippen MR) is 56.6 cm³/mol. The van der Waals surface area contributed by atoms with Crippen molar-refractivity contribution >= 4 is 11.4 Å². The van der Waals surface area contributed by atoms with Crippen LogP contribution in [-0.2, 0) is 0 Å². The van der Waals surface area contributed by atoms with Crippen LogP contribution in [0.15, 0.2) is 18.2 Å². The SMILES string of the molecule is Cc1ccc([N+](=O)[O-])cc1NC(C)C. The highest BCUT2D eigenvalue weighted by molar-refractivity contribution is 5.57. The molecule has 0 aliphatic rings. The van der Waals surface area contributed by atoms with Gasteiger partial charge in [-0.05, 0) is 26.3 Å². The van der Waals surface area contributed by atoms with Crippen LogP contribution < -0.4 is 5.32 Å². The minimum absolute atomic E-state index is 0.124. The summed E-state index contributed by atoms with van der Waals surface area (Å²) >= 11 is 0. The normalized spacial score (nSPS) is 10.3. The average Bonchev–Trinajstić information content (AvgIpc) is 2.07. The molecule has 0 atom stereocenters. The number of aryl methyl sites for hydroxylation is 1. The van der Waals surface area contributed by atoms with Gasteiger partial charge in [-0.1, -0.05) is 6.07 Å². The molecule has 0 bridgehead atoms. The van der Waals surface area contributed by atoms with Crippen molar-refractivity contribution in [3.63, 3.8) is 0 Å². The number of rotatable bonds is 3. The van der Waals surface area contributed by atoms with E-state index in [-0.39, 0.29) is 16.7 Å². The number of nitro groups is 1. The number of non-ortho nitro benzene ring substituents is 1. The van der Waals surface area contributed by atoms with E-state index in [0.29, 0.717) is 0 Å². The van der Waals surface area contributed by atoms with E-state index in [4.69, 9.17) is 0 Å². The largest absolute Gasteiger partial charge is 0.382 e. The molecule has 0 aliphatic carbocycles. The zero-order valence-electron chi connectivity index (χ0n) is 8.57. The maximum Gasteiger partial charge on any atom is 0.271 e. The Hall–Kier alpha value is -1.58. The highest BCUT2D eigenvalue weighted by atomic mass is 16.6. The molecular formula is C10H14N2O2. The van der Waals surface area contributed by atoms with Crippen LogP contribution in [0.2, 0.25) is 0 Å². The van der Waals surface area contributed by atoms with Crippen molar-refractivity contribution in [3.8, 4) is 0 Å². The standard InChI is InChI=1S/C10H14N2O2/c1-7(2)11-10-6-9(12(13)14)5-4-8(10)3/h4-7,11H,1-3H3. The fraction of sp³-hybridized carbons (Fsp3) is 0.400. The molecule has 0 aliphatic heterocycles. The molecule has 4 heteroatoms. The highest BCUT2D eigenvalue weighted by Gasteiger charge is 2.08. The molecule has 0 saturated carbocycles. The van der Waals surface area contributed by atoms with Gasteiger partial charge in [0.15, 0.2) is 0 Å². The minimum atomic E-state index is -0.384. The first-order valence-electron chi connectivity index (χ1n) is 4.52. The van der Waals surface area contributed by atoms with E-state index in [9.17, 15) is 10.1 Å². The van der Waals surface area contributed by atoms with Crippen molar-refractivity contribution in [3.05, 3.63) is 33.9 Å². The molecular weight excluding hydrogens is 180 g/mol. The number of nitro benzene ring substituents is 1. The lowest BCUT2D eigenvalue weighted by atomic mass is 10.1. The molecule has 14 heavy (non-hydrogen) atoms. The van der Waals surface area contributed by atoms with Crippen LogP contribution in [0, 0.1) is 17.0 Å². The van der Waals surface area contributed by atoms with Crippen LogP contribution in [0.4, 0.5) is 11.4 Å². The van der Waals surface area contributed by atoms with Gasteiger partial charge in [0.05, 0.1) is 4.92 Å². The van der Waals surface area contributed by atoms with Crippen LogP contribution >= 0.6 is 0 Å². The number of nitrogens with zero attached hydrogens (tertiary/aromatic N) is 1. The minimum Gasteiger partial charge on any atom is -0.382 e. The molecule has 0 aromatic heterocycles. The number of nitrogens with one attached hydrogen (secondary N) is 1. The Morgan fingerprint density at radius 3 is 2.57 bits per heavy atom. The monoisotopic (exact) mass is 194 g/mol. The zero-order chi connectivity index (χ0) is 10.7. The molecule has 4 nitrogen and oxygen atoms in total. The van der Waals surface area contributed by atoms with Crippen LogP contribution in [0.5, 0.6) is 0 Å². The van der Waals surface area contributed by atoms with Crippen LogP contribution in [0.25, 0.3) is 0 Å². The summed E-state index contributed by atoms with van der Waals surface area (Å²) < 4.78 is 0. The lowest BCUT2D eigenvalue weighted by Gasteiger charge is -2.12. The highest BCUT2D eigenvalue weighted by Crippen LogP contribution is 2.22. The molecule has 0 heterocycles. The van der Waals surface area contributed by atoms with Crippen molar-refractivity contribution < 1.29 is 4.92 Å². The fourth-order valence-corrected chi connectivity index (χ4v) is 1.19. The molecule has 76 valence electrons. The Morgan fingerprint density at radius 1 is 1.43 bits per heavy atom. The first kappa shape index (κ1) is 10.5. The van der Waals surface area contributed by atoms with E-state index in [1.54, 1.807) is 12.1 Å². The Morgan fingerprint density at radius 2 is 2.07 bits per heavy atom. The first-order chi connectivity index (χ1) is 6.50. The lowest BCUT2D eigenvalue weighted by Crippen LogP contribution is -2.10. The fourth-order valence-electron chi connectivity index (χ4n) is 1.19. The molecule has 0 radical (unpaired) electrons. The zero-order valence-corrected chi connectivity index (χ0v) is 8.57. The summed E-state index contributed by atoms with van der Waals surface area (Å²) in [4.78, 5) is 10.1. The van der Waals surface area contributed by atoms with E-state index in [2.05, 4.69) is 5.32 Å². The Balaban J connectivity index is 3.02. The third kappa shape index (κ3) is 2.45. The van der Waals surface area contributed by atoms with Gasteiger partial charge in [-0.3, -0.25) is 10.1 Å². The van der Waals surface area contributed by atoms with E-state index >= 15 is 0 Å². The Bertz CT molecular complexity index is 348. The maximum absolute atomic E-state index is 10.5. The summed E-state index contributed by atoms with van der Waals surface area (Å²) in [5, 5.41) is 13.7. The van der Waals surface area contributed by atoms with Crippen LogP contribution in [0.3, 0.4) is 0 Å². The van der Waals surface area contributed by atoms with Gasteiger partial charge in [-0.15, -0.1) is 0 Å². The second-order valence-electron chi connectivity index (χ2n) is 3.56. The first-order valence-corrected chi connectivity index (χ1v) is 4.52. The van der Waals surface area contributed by atoms with Crippen molar-refractivity contribution in [2.24, 2.45) is 0 Å². The van der Waals surface area contributed by atoms with Gasteiger partial charge in [-0.2, -0.15) is 0 Å². The van der Waals surface area contributed by atoms with Gasteiger partial charge in [0.25, 0.3) is 5.69 Å². The lowest BCUT2D eigenvalue weighted by molar-refractivity contribution is -0.384. The molecule has 0 saturated heterocycles. The molecule has 1 aromatic rings. The second-order valence-corrected chi connectivity index (χ2v) is 3.56. The van der Waals surface area contributed by atoms with Crippen molar-refractivity contribution in [1.82, 2.24) is 0 Å². The van der Waals surface area contributed by atoms with Crippen LogP contribution in [0.1, 0.15) is 19.4 Å². The van der Waals surface area contributed by atoms with E-state index in [1.807, 2.05) is 20.8 Å². The molecule has 0 unspecified atom stereocenters. The van der Waals surface area contributed by atoms with E-state index in [0.717, 1.165) is 11.3 Å². The summed E-state index contributed by atoms with van der Waals surface area (Å²) in [6.45, 7) is 5.92. The topological polar surface area (TPSA) is 55.2 Å². The van der Waals surface area contributed by atoms with Gasteiger partial charge in [-0.25, -0.2) is 0 Å². The number of benzene rings is 1. The maximum atomic E-state index is 10.5. The molecule has 0 fully saturated rings. The number of hydrogen-bond acceptors (Lipinski definition) is 3. The van der Waals surface area contributed by atoms with Gasteiger partial charge in [0.2, 0.25) is 0 Å². The smallest absolute Gasteiger partial charge is 0.271 e. The molecule has 1 aromatic carbocycles. The van der Waals surface area contributed by atoms with E-state index < -0.39 is 0 Å². The van der Waals surface area contributed by atoms with Gasteiger partial charge in [0.1, 0.15) is 0 Å². The molecule has 1 N–H and O–H groups in total. The van der Waals surface area contributed by atoms with Crippen molar-refractivity contribution in [2.45, 2.75) is 26.8 Å². The molecule has 0 spiro atoms. The van der Waals surface area contributed by atoms with Crippen molar-refractivity contribution in [1.29, 1.82) is 0 Å².